The van der Waals surface area contributed by atoms with Gasteiger partial charge in [-0.2, -0.15) is 0 Å². The lowest BCUT2D eigenvalue weighted by atomic mass is 10.1. The number of benzene rings is 1. The van der Waals surface area contributed by atoms with Crippen LogP contribution in [0.4, 0.5) is 5.69 Å². The lowest BCUT2D eigenvalue weighted by Gasteiger charge is -2.17. The van der Waals surface area contributed by atoms with Crippen LogP contribution in [-0.2, 0) is 16.2 Å². The molecule has 0 aliphatic carbocycles. The molecule has 0 atom stereocenters. The predicted octanol–water partition coefficient (Wildman–Crippen LogP) is 0.929. The Kier molecular flexibility index (Phi) is 4.28. The van der Waals surface area contributed by atoms with Gasteiger partial charge in [0.25, 0.3) is 0 Å². The first-order valence-electron chi connectivity index (χ1n) is 4.80. The van der Waals surface area contributed by atoms with Gasteiger partial charge in [0.05, 0.1) is 19.3 Å². The van der Waals surface area contributed by atoms with Crippen molar-refractivity contribution in [2.45, 2.75) is 6.61 Å². The van der Waals surface area contributed by atoms with Crippen molar-refractivity contribution in [1.82, 2.24) is 0 Å². The minimum atomic E-state index is -0.372. The third-order valence-corrected chi connectivity index (χ3v) is 2.22. The summed E-state index contributed by atoms with van der Waals surface area (Å²) in [5.74, 6) is 4.68. The molecule has 88 valence electrons. The van der Waals surface area contributed by atoms with Crippen molar-refractivity contribution >= 4 is 11.7 Å². The quantitative estimate of drug-likeness (QED) is 0.609. The molecule has 0 radical (unpaired) electrons. The van der Waals surface area contributed by atoms with Gasteiger partial charge in [0.15, 0.2) is 0 Å². The van der Waals surface area contributed by atoms with Gasteiger partial charge < -0.3 is 9.64 Å². The molecule has 0 saturated carbocycles. The molecular weight excluding hydrogens is 208 g/mol. The van der Waals surface area contributed by atoms with E-state index in [4.69, 9.17) is 5.90 Å². The molecule has 5 nitrogen and oxygen atoms in total. The second kappa shape index (κ2) is 5.48. The first-order valence-corrected chi connectivity index (χ1v) is 4.80. The lowest BCUT2D eigenvalue weighted by Crippen LogP contribution is -2.14. The highest BCUT2D eigenvalue weighted by atomic mass is 16.6. The highest BCUT2D eigenvalue weighted by Gasteiger charge is 2.10. The molecule has 0 aliphatic heterocycles. The van der Waals surface area contributed by atoms with Crippen LogP contribution in [0.5, 0.6) is 0 Å². The molecule has 0 aromatic heterocycles. The summed E-state index contributed by atoms with van der Waals surface area (Å²) < 4.78 is 4.65. The maximum atomic E-state index is 11.3. The molecule has 0 saturated heterocycles. The Morgan fingerprint density at radius 1 is 1.44 bits per heavy atom. The monoisotopic (exact) mass is 224 g/mol. The fraction of sp³-hybridized carbons (Fsp3) is 0.364. The van der Waals surface area contributed by atoms with Crippen molar-refractivity contribution in [2.24, 2.45) is 5.90 Å². The third-order valence-electron chi connectivity index (χ3n) is 2.22. The zero-order chi connectivity index (χ0) is 12.1. The normalized spacial score (nSPS) is 10.0. The van der Waals surface area contributed by atoms with E-state index in [1.165, 1.54) is 7.11 Å². The zero-order valence-corrected chi connectivity index (χ0v) is 9.69. The molecule has 0 spiro atoms. The van der Waals surface area contributed by atoms with Crippen LogP contribution in [-0.4, -0.2) is 27.2 Å². The fourth-order valence-electron chi connectivity index (χ4n) is 1.47. The van der Waals surface area contributed by atoms with Gasteiger partial charge >= 0.3 is 5.97 Å². The Bertz CT molecular complexity index is 377. The minimum Gasteiger partial charge on any atom is -0.465 e. The second-order valence-corrected chi connectivity index (χ2v) is 3.54. The molecule has 1 rings (SSSR count). The van der Waals surface area contributed by atoms with Crippen molar-refractivity contribution in [3.63, 3.8) is 0 Å². The third kappa shape index (κ3) is 2.71. The van der Waals surface area contributed by atoms with Crippen LogP contribution in [0.15, 0.2) is 18.2 Å². The van der Waals surface area contributed by atoms with Gasteiger partial charge in [-0.15, -0.1) is 0 Å². The fourth-order valence-corrected chi connectivity index (χ4v) is 1.47. The molecule has 0 fully saturated rings. The Hall–Kier alpha value is -1.59. The number of anilines is 1. The average Bonchev–Trinajstić information content (AvgIpc) is 2.28. The summed E-state index contributed by atoms with van der Waals surface area (Å²) in [5, 5.41) is 0. The van der Waals surface area contributed by atoms with Crippen LogP contribution in [0.1, 0.15) is 15.9 Å². The van der Waals surface area contributed by atoms with E-state index >= 15 is 0 Å². The van der Waals surface area contributed by atoms with Crippen LogP contribution >= 0.6 is 0 Å². The van der Waals surface area contributed by atoms with E-state index in [0.29, 0.717) is 5.56 Å². The second-order valence-electron chi connectivity index (χ2n) is 3.54. The Morgan fingerprint density at radius 3 is 2.62 bits per heavy atom. The van der Waals surface area contributed by atoms with Crippen molar-refractivity contribution in [3.05, 3.63) is 29.3 Å². The van der Waals surface area contributed by atoms with Gasteiger partial charge in [-0.05, 0) is 18.2 Å². The van der Waals surface area contributed by atoms with Gasteiger partial charge in [0.2, 0.25) is 0 Å². The molecule has 5 heteroatoms. The summed E-state index contributed by atoms with van der Waals surface area (Å²) in [5.41, 5.74) is 2.29. The Balaban J connectivity index is 3.11. The summed E-state index contributed by atoms with van der Waals surface area (Å²) in [6.07, 6.45) is 0. The van der Waals surface area contributed by atoms with Crippen LogP contribution in [0.2, 0.25) is 0 Å². The molecule has 2 N–H and O–H groups in total. The Labute approximate surface area is 94.7 Å². The molecule has 0 heterocycles. The minimum absolute atomic E-state index is 0.248. The van der Waals surface area contributed by atoms with Crippen LogP contribution < -0.4 is 10.8 Å². The zero-order valence-electron chi connectivity index (χ0n) is 9.69. The summed E-state index contributed by atoms with van der Waals surface area (Å²) in [6.45, 7) is 0.248. The summed E-state index contributed by atoms with van der Waals surface area (Å²) in [7, 11) is 5.17. The van der Waals surface area contributed by atoms with E-state index in [1.54, 1.807) is 12.1 Å². The summed E-state index contributed by atoms with van der Waals surface area (Å²) >= 11 is 0. The van der Waals surface area contributed by atoms with Crippen molar-refractivity contribution < 1.29 is 14.4 Å². The van der Waals surface area contributed by atoms with Gasteiger partial charge in [-0.3, -0.25) is 4.84 Å². The van der Waals surface area contributed by atoms with E-state index in [0.717, 1.165) is 11.3 Å². The van der Waals surface area contributed by atoms with E-state index in [9.17, 15) is 4.79 Å². The molecule has 1 aromatic rings. The highest BCUT2D eigenvalue weighted by Crippen LogP contribution is 2.21. The number of carbonyl (C=O) groups is 1. The van der Waals surface area contributed by atoms with Gasteiger partial charge in [0.1, 0.15) is 0 Å². The summed E-state index contributed by atoms with van der Waals surface area (Å²) in [6, 6.07) is 5.26. The molecule has 0 unspecified atom stereocenters. The van der Waals surface area contributed by atoms with E-state index in [1.807, 2.05) is 25.1 Å². The van der Waals surface area contributed by atoms with Gasteiger partial charge in [-0.1, -0.05) is 0 Å². The smallest absolute Gasteiger partial charge is 0.337 e. The van der Waals surface area contributed by atoms with Gasteiger partial charge in [-0.25, -0.2) is 10.7 Å². The number of carbonyl (C=O) groups excluding carboxylic acids is 1. The number of nitrogens with zero attached hydrogens (tertiary/aromatic N) is 1. The number of nitrogens with two attached hydrogens (primary N) is 1. The molecular formula is C11H16N2O3. The maximum Gasteiger partial charge on any atom is 0.337 e. The molecule has 0 aliphatic rings. The van der Waals surface area contributed by atoms with Crippen molar-refractivity contribution in [3.8, 4) is 0 Å². The standard InChI is InChI=1S/C11H16N2O3/c1-13(2)10-5-4-8(11(14)15-3)6-9(10)7-16-12/h4-6H,7,12H2,1-3H3. The molecule has 0 bridgehead atoms. The molecule has 0 amide bonds. The van der Waals surface area contributed by atoms with E-state index < -0.39 is 0 Å². The van der Waals surface area contributed by atoms with Crippen molar-refractivity contribution in [1.29, 1.82) is 0 Å². The van der Waals surface area contributed by atoms with Crippen LogP contribution in [0, 0.1) is 0 Å². The van der Waals surface area contributed by atoms with E-state index in [2.05, 4.69) is 9.57 Å². The maximum absolute atomic E-state index is 11.3. The molecule has 1 aromatic carbocycles. The number of hydrogen-bond donors (Lipinski definition) is 1. The number of hydrogen-bond acceptors (Lipinski definition) is 5. The molecule has 16 heavy (non-hydrogen) atoms. The van der Waals surface area contributed by atoms with Crippen LogP contribution in [0.3, 0.4) is 0 Å². The number of methoxy groups -OCH3 is 1. The van der Waals surface area contributed by atoms with Crippen LogP contribution in [0.25, 0.3) is 0 Å². The Morgan fingerprint density at radius 2 is 2.12 bits per heavy atom. The first kappa shape index (κ1) is 12.5. The topological polar surface area (TPSA) is 64.8 Å². The predicted molar refractivity (Wildman–Crippen MR) is 61.1 cm³/mol. The first-order chi connectivity index (χ1) is 7.60. The average molecular weight is 224 g/mol. The van der Waals surface area contributed by atoms with Crippen molar-refractivity contribution in [2.75, 3.05) is 26.1 Å². The number of ether oxygens (including phenoxy) is 1. The lowest BCUT2D eigenvalue weighted by molar-refractivity contribution is 0.0600. The SMILES string of the molecule is COC(=O)c1ccc(N(C)C)c(CON)c1. The summed E-state index contributed by atoms with van der Waals surface area (Å²) in [4.78, 5) is 17.9. The van der Waals surface area contributed by atoms with Gasteiger partial charge in [0, 0.05) is 25.3 Å². The largest absolute Gasteiger partial charge is 0.465 e. The highest BCUT2D eigenvalue weighted by molar-refractivity contribution is 5.90. The van der Waals surface area contributed by atoms with E-state index in [-0.39, 0.29) is 12.6 Å². The number of esters is 1. The number of rotatable bonds is 4.